The molecular weight excluding hydrogens is 234 g/mol. The first-order valence-corrected chi connectivity index (χ1v) is 5.00. The molecule has 0 amide bonds. The average molecular weight is 244 g/mol. The van der Waals surface area contributed by atoms with Gasteiger partial charge in [-0.05, 0) is 24.1 Å². The summed E-state index contributed by atoms with van der Waals surface area (Å²) in [6.45, 7) is 0.000392. The first kappa shape index (κ1) is 11.6. The van der Waals surface area contributed by atoms with Crippen molar-refractivity contribution >= 4 is 5.97 Å². The Hall–Kier alpha value is -1.85. The van der Waals surface area contributed by atoms with Crippen LogP contribution < -0.4 is 9.47 Å². The zero-order valence-corrected chi connectivity index (χ0v) is 8.78. The Morgan fingerprint density at radius 1 is 1.35 bits per heavy atom. The van der Waals surface area contributed by atoms with Crippen LogP contribution >= 0.6 is 0 Å². The van der Waals surface area contributed by atoms with Crippen LogP contribution in [0.15, 0.2) is 12.1 Å². The molecule has 17 heavy (non-hydrogen) atoms. The standard InChI is InChI=1S/C11H10F2O4/c12-11(13)7-4-9-8(16-5-17-9)3-6(7)1-2-10(14)15/h3-4,11H,1-2,5H2,(H,14,15). The molecule has 1 heterocycles. The Labute approximate surface area is 95.8 Å². The number of benzene rings is 1. The van der Waals surface area contributed by atoms with Crippen molar-refractivity contribution in [2.75, 3.05) is 6.79 Å². The summed E-state index contributed by atoms with van der Waals surface area (Å²) in [5.74, 6) is -0.364. The fourth-order valence-electron chi connectivity index (χ4n) is 1.66. The molecule has 1 aromatic rings. The number of carboxylic acids is 1. The number of fused-ring (bicyclic) bond motifs is 1. The molecule has 0 saturated heterocycles. The summed E-state index contributed by atoms with van der Waals surface area (Å²) in [6, 6.07) is 2.64. The molecule has 0 saturated carbocycles. The number of aliphatic carboxylic acids is 1. The molecule has 0 unspecified atom stereocenters. The Kier molecular flexibility index (Phi) is 3.12. The Bertz CT molecular complexity index is 445. The predicted molar refractivity (Wildman–Crippen MR) is 53.5 cm³/mol. The normalized spacial score (nSPS) is 13.1. The Morgan fingerprint density at radius 3 is 2.59 bits per heavy atom. The van der Waals surface area contributed by atoms with Crippen molar-refractivity contribution in [2.24, 2.45) is 0 Å². The Balaban J connectivity index is 2.31. The third-order valence-electron chi connectivity index (χ3n) is 2.48. The van der Waals surface area contributed by atoms with Gasteiger partial charge in [0.2, 0.25) is 6.79 Å². The number of carboxylic acid groups (broad SMARTS) is 1. The van der Waals surface area contributed by atoms with E-state index < -0.39 is 12.4 Å². The van der Waals surface area contributed by atoms with E-state index in [2.05, 4.69) is 0 Å². The molecule has 0 spiro atoms. The summed E-state index contributed by atoms with van der Waals surface area (Å²) in [5, 5.41) is 8.55. The first-order valence-electron chi connectivity index (χ1n) is 5.00. The number of hydrogen-bond acceptors (Lipinski definition) is 3. The van der Waals surface area contributed by atoms with Crippen molar-refractivity contribution in [1.82, 2.24) is 0 Å². The van der Waals surface area contributed by atoms with E-state index in [1.165, 1.54) is 12.1 Å². The zero-order chi connectivity index (χ0) is 12.4. The second kappa shape index (κ2) is 4.57. The SMILES string of the molecule is O=C(O)CCc1cc2c(cc1C(F)F)OCO2. The molecule has 1 N–H and O–H groups in total. The molecule has 2 rings (SSSR count). The second-order valence-electron chi connectivity index (χ2n) is 3.60. The number of halogens is 2. The van der Waals surface area contributed by atoms with Crippen molar-refractivity contribution in [1.29, 1.82) is 0 Å². The highest BCUT2D eigenvalue weighted by molar-refractivity contribution is 5.67. The van der Waals surface area contributed by atoms with Gasteiger partial charge in [-0.1, -0.05) is 0 Å². The minimum Gasteiger partial charge on any atom is -0.481 e. The fourth-order valence-corrected chi connectivity index (χ4v) is 1.66. The molecule has 0 aromatic heterocycles. The van der Waals surface area contributed by atoms with E-state index >= 15 is 0 Å². The van der Waals surface area contributed by atoms with Gasteiger partial charge in [-0.3, -0.25) is 4.79 Å². The molecule has 4 nitrogen and oxygen atoms in total. The van der Waals surface area contributed by atoms with E-state index in [1.54, 1.807) is 0 Å². The van der Waals surface area contributed by atoms with Crippen molar-refractivity contribution in [3.8, 4) is 11.5 Å². The highest BCUT2D eigenvalue weighted by atomic mass is 19.3. The van der Waals surface area contributed by atoms with Crippen LogP contribution in [0.3, 0.4) is 0 Å². The summed E-state index contributed by atoms with van der Waals surface area (Å²) in [7, 11) is 0. The van der Waals surface area contributed by atoms with Crippen LogP contribution in [0.1, 0.15) is 24.0 Å². The molecule has 92 valence electrons. The maximum absolute atomic E-state index is 12.8. The van der Waals surface area contributed by atoms with Crippen molar-refractivity contribution in [3.05, 3.63) is 23.3 Å². The highest BCUT2D eigenvalue weighted by Gasteiger charge is 2.21. The van der Waals surface area contributed by atoms with Gasteiger partial charge < -0.3 is 14.6 Å². The average Bonchev–Trinajstić information content (AvgIpc) is 2.71. The van der Waals surface area contributed by atoms with Crippen molar-refractivity contribution in [2.45, 2.75) is 19.3 Å². The lowest BCUT2D eigenvalue weighted by Gasteiger charge is -2.09. The maximum Gasteiger partial charge on any atom is 0.303 e. The number of ether oxygens (including phenoxy) is 2. The third kappa shape index (κ3) is 2.46. The molecule has 1 aliphatic heterocycles. The monoisotopic (exact) mass is 244 g/mol. The number of aryl methyl sites for hydroxylation is 1. The van der Waals surface area contributed by atoms with Gasteiger partial charge in [0.1, 0.15) is 0 Å². The lowest BCUT2D eigenvalue weighted by atomic mass is 10.0. The van der Waals surface area contributed by atoms with E-state index in [-0.39, 0.29) is 36.5 Å². The first-order chi connectivity index (χ1) is 8.08. The molecule has 1 aromatic carbocycles. The maximum atomic E-state index is 12.8. The summed E-state index contributed by atoms with van der Waals surface area (Å²) >= 11 is 0. The van der Waals surface area contributed by atoms with E-state index in [1.807, 2.05) is 0 Å². The molecule has 6 heteroatoms. The number of carbonyl (C=O) groups is 1. The predicted octanol–water partition coefficient (Wildman–Crippen LogP) is 2.37. The largest absolute Gasteiger partial charge is 0.481 e. The molecule has 0 fully saturated rings. The summed E-state index contributed by atoms with van der Waals surface area (Å²) in [6.07, 6.45) is -2.81. The second-order valence-corrected chi connectivity index (χ2v) is 3.60. The minimum absolute atomic E-state index is 0.000392. The quantitative estimate of drug-likeness (QED) is 0.883. The van der Waals surface area contributed by atoms with Crippen molar-refractivity contribution in [3.63, 3.8) is 0 Å². The van der Waals surface area contributed by atoms with Crippen molar-refractivity contribution < 1.29 is 28.2 Å². The van der Waals surface area contributed by atoms with Gasteiger partial charge in [-0.15, -0.1) is 0 Å². The van der Waals surface area contributed by atoms with Gasteiger partial charge >= 0.3 is 5.97 Å². The van der Waals surface area contributed by atoms with Gasteiger partial charge in [0.05, 0.1) is 0 Å². The van der Waals surface area contributed by atoms with E-state index in [9.17, 15) is 13.6 Å². The smallest absolute Gasteiger partial charge is 0.303 e. The molecule has 0 aliphatic carbocycles. The topological polar surface area (TPSA) is 55.8 Å². The molecule has 0 bridgehead atoms. The van der Waals surface area contributed by atoms with Crippen LogP contribution in [0.4, 0.5) is 8.78 Å². The van der Waals surface area contributed by atoms with Gasteiger partial charge in [0, 0.05) is 12.0 Å². The molecule has 0 atom stereocenters. The van der Waals surface area contributed by atoms with Gasteiger partial charge in [-0.2, -0.15) is 0 Å². The number of hydrogen-bond donors (Lipinski definition) is 1. The zero-order valence-electron chi connectivity index (χ0n) is 8.78. The third-order valence-corrected chi connectivity index (χ3v) is 2.48. The van der Waals surface area contributed by atoms with E-state index in [0.29, 0.717) is 5.75 Å². The summed E-state index contributed by atoms with van der Waals surface area (Å²) < 4.78 is 35.6. The summed E-state index contributed by atoms with van der Waals surface area (Å²) in [4.78, 5) is 10.4. The molecule has 0 radical (unpaired) electrons. The van der Waals surface area contributed by atoms with Gasteiger partial charge in [0.25, 0.3) is 6.43 Å². The lowest BCUT2D eigenvalue weighted by molar-refractivity contribution is -0.136. The number of alkyl halides is 2. The highest BCUT2D eigenvalue weighted by Crippen LogP contribution is 2.38. The van der Waals surface area contributed by atoms with E-state index in [0.717, 1.165) is 0 Å². The minimum atomic E-state index is -2.66. The lowest BCUT2D eigenvalue weighted by Crippen LogP contribution is -2.01. The Morgan fingerprint density at radius 2 is 2.00 bits per heavy atom. The van der Waals surface area contributed by atoms with E-state index in [4.69, 9.17) is 14.6 Å². The molecule has 1 aliphatic rings. The van der Waals surface area contributed by atoms with Crippen LogP contribution in [-0.4, -0.2) is 17.9 Å². The van der Waals surface area contributed by atoms with Crippen LogP contribution in [0.25, 0.3) is 0 Å². The van der Waals surface area contributed by atoms with Crippen LogP contribution in [0, 0.1) is 0 Å². The van der Waals surface area contributed by atoms with Gasteiger partial charge in [-0.25, -0.2) is 8.78 Å². The van der Waals surface area contributed by atoms with Crippen LogP contribution in [-0.2, 0) is 11.2 Å². The fraction of sp³-hybridized carbons (Fsp3) is 0.364. The number of rotatable bonds is 4. The summed E-state index contributed by atoms with van der Waals surface area (Å²) in [5.41, 5.74) is 0.0853. The van der Waals surface area contributed by atoms with Crippen LogP contribution in [0.5, 0.6) is 11.5 Å². The van der Waals surface area contributed by atoms with Crippen LogP contribution in [0.2, 0.25) is 0 Å². The molecular formula is C11H10F2O4. The van der Waals surface area contributed by atoms with Gasteiger partial charge in [0.15, 0.2) is 11.5 Å².